The van der Waals surface area contributed by atoms with Crippen LogP contribution in [0.4, 0.5) is 0 Å². The molecule has 142 heavy (non-hydrogen) atoms. The van der Waals surface area contributed by atoms with Crippen LogP contribution in [0.15, 0.2) is 145 Å². The summed E-state index contributed by atoms with van der Waals surface area (Å²) >= 11 is 6.09. The first-order chi connectivity index (χ1) is 65.6. The van der Waals surface area contributed by atoms with Crippen LogP contribution in [0, 0.1) is 21.7 Å². The number of halogens is 2. The van der Waals surface area contributed by atoms with E-state index in [0.717, 1.165) is 123 Å². The molecule has 0 amide bonds. The van der Waals surface area contributed by atoms with Gasteiger partial charge in [-0.2, -0.15) is 0 Å². The van der Waals surface area contributed by atoms with E-state index in [9.17, 15) is 20.1 Å². The second kappa shape index (κ2) is 44.2. The third-order valence-corrected chi connectivity index (χ3v) is 61.0. The number of ether oxygens (including phenoxy) is 4. The topological polar surface area (TPSA) is 161 Å². The average molecular weight is 2210 g/mol. The number of aliphatic hydroxyl groups excluding tert-OH is 3. The number of alkyl halides is 1. The number of fused-ring (bicyclic) bond motifs is 7. The SMILES string of the molecule is C=CCC(O)c1cccc2c1CC[C@@H]2O[Si](C)(C)C(C)(C)C.CC(C)(C)[Si](C)(C)O[C@H]1CCc2c(Br)cccc21.CC(C)(C)[Si](C)(C)O[C@H]1CCc2c(C=O)cccc21.CC1(C)C(CI)OC1c1cccc2c1CC[C@@H]2O[Si](C)(C)C(C)(C)C.CC1OC(c2cccc3c2CC[C@@H]3O)C1(C)C.CC1OC(c2cccc3c2CC[C@@H]3O)C1(C)C.CC1OC(c2cccc3c2CC[C@@H]3O[Si](C)(C)C(C)(C)C)C1(C)C. The first kappa shape index (κ1) is 116. The molecule has 7 aromatic rings. The predicted octanol–water partition coefficient (Wildman–Crippen LogP) is 34.4. The normalized spacial score (nSPS) is 26.4. The zero-order chi connectivity index (χ0) is 105. The first-order valence-electron chi connectivity index (χ1n) is 53.8. The highest BCUT2D eigenvalue weighted by Crippen LogP contribution is 2.60. The molecular formula is C122H184BrIO13Si5. The highest BCUT2D eigenvalue weighted by atomic mass is 127. The molecule has 0 aromatic heterocycles. The molecule has 784 valence electrons. The lowest BCUT2D eigenvalue weighted by Gasteiger charge is -2.52. The van der Waals surface area contributed by atoms with Gasteiger partial charge in [-0.3, -0.25) is 4.79 Å². The summed E-state index contributed by atoms with van der Waals surface area (Å²) in [5.74, 6) is 0. The van der Waals surface area contributed by atoms with Gasteiger partial charge >= 0.3 is 0 Å². The number of hydrogen-bond donors (Lipinski definition) is 3. The minimum absolute atomic E-state index is 0.177. The Kier molecular flexibility index (Phi) is 36.3. The number of benzene rings is 7. The van der Waals surface area contributed by atoms with Gasteiger partial charge in [-0.15, -0.1) is 6.58 Å². The number of rotatable bonds is 19. The summed E-state index contributed by atoms with van der Waals surface area (Å²) in [7, 11) is -8.70. The van der Waals surface area contributed by atoms with E-state index in [1.165, 1.54) is 93.5 Å². The summed E-state index contributed by atoms with van der Waals surface area (Å²) in [6, 6.07) is 44.8. The molecule has 20 heteroatoms. The molecule has 3 N–H and O–H groups in total. The molecule has 16 atom stereocenters. The zero-order valence-electron chi connectivity index (χ0n) is 94.2. The molecule has 4 aliphatic heterocycles. The molecule has 4 heterocycles. The van der Waals surface area contributed by atoms with Crippen molar-refractivity contribution in [2.75, 3.05) is 4.43 Å². The lowest BCUT2D eigenvalue weighted by Crippen LogP contribution is -2.51. The standard InChI is InChI=1S/C21H33IO2Si.C21H34O2Si.C19H30O2Si.C16H24O2Si.C15H23BrOSi.2C15H20O2/c1-20(2,3)25(6,7)24-17-12-11-14-15(17)9-8-10-16(14)19-21(4,5)18(13-22)23-19;1-14-21(5,6)19(22-14)17-11-9-10-16-15(17)12-13-18(16)23-24(7,8)20(2,3)4;1-7-9-17(20)15-10-8-11-16-14(15)12-13-18(16)21-22(5,6)19(2,3)4;1-16(2,3)19(4,5)18-15-10-9-13-12(11-17)7-6-8-14(13)15;1-15(2,3)18(4,5)17-14-10-9-11-12(14)7-6-8-13(11)16;2*1-9-15(2,3)14(17-9)12-6-4-5-11-10(12)7-8-13(11)16/h8-10,17-19H,11-13H2,1-7H3;9-11,14,18-19H,12-13H2,1-8H3;7-8,10-11,17-18,20H,1,9,12-13H2,2-6H3;6-8,11,15H,9-10H2,1-5H3;6-8,14H,9-10H2,1-5H3;2*4-6,9,13-14,16H,7-8H2,1-3H3/t17-,18?,19?;14?,18-,19?;17?,18-;15-;14-;2*9?,13-,14?/m0000000/s1. The van der Waals surface area contributed by atoms with Gasteiger partial charge in [-0.25, -0.2) is 0 Å². The Morgan fingerprint density at radius 2 is 0.613 bits per heavy atom. The van der Waals surface area contributed by atoms with Gasteiger partial charge in [0.05, 0.1) is 97.7 Å². The Balaban J connectivity index is 0.000000149. The summed E-state index contributed by atoms with van der Waals surface area (Å²) < 4.78 is 59.7. The summed E-state index contributed by atoms with van der Waals surface area (Å²) in [5, 5.41) is 31.4. The molecule has 4 saturated heterocycles. The molecule has 7 aliphatic carbocycles. The molecule has 0 radical (unpaired) electrons. The predicted molar refractivity (Wildman–Crippen MR) is 613 cm³/mol. The van der Waals surface area contributed by atoms with Crippen LogP contribution in [0.2, 0.25) is 90.7 Å². The molecule has 7 aromatic carbocycles. The van der Waals surface area contributed by atoms with Crippen molar-refractivity contribution in [2.45, 2.75) is 465 Å². The minimum Gasteiger partial charge on any atom is -0.410 e. The van der Waals surface area contributed by atoms with Crippen molar-refractivity contribution in [3.8, 4) is 0 Å². The molecule has 9 unspecified atom stereocenters. The lowest BCUT2D eigenvalue weighted by atomic mass is 9.72. The van der Waals surface area contributed by atoms with Gasteiger partial charge in [0.15, 0.2) is 41.6 Å². The number of carbonyl (C=O) groups excluding carboxylic acids is 1. The van der Waals surface area contributed by atoms with Gasteiger partial charge in [0.1, 0.15) is 6.29 Å². The molecule has 18 rings (SSSR count). The second-order valence-corrected chi connectivity index (χ2v) is 78.5. The van der Waals surface area contributed by atoms with Crippen molar-refractivity contribution in [1.29, 1.82) is 0 Å². The number of aliphatic hydroxyl groups is 3. The van der Waals surface area contributed by atoms with Gasteiger partial charge in [0.25, 0.3) is 0 Å². The Hall–Kier alpha value is -4.24. The third kappa shape index (κ3) is 24.4. The lowest BCUT2D eigenvalue weighted by molar-refractivity contribution is -0.230. The summed E-state index contributed by atoms with van der Waals surface area (Å²) in [5.41, 5.74) is 26.6. The van der Waals surface area contributed by atoms with Gasteiger partial charge in [0.2, 0.25) is 0 Å². The fourth-order valence-electron chi connectivity index (χ4n) is 21.3. The fourth-order valence-corrected chi connectivity index (χ4v) is 29.7. The largest absolute Gasteiger partial charge is 0.410 e. The van der Waals surface area contributed by atoms with E-state index in [2.05, 4.69) is 369 Å². The van der Waals surface area contributed by atoms with Crippen LogP contribution < -0.4 is 0 Å². The Morgan fingerprint density at radius 1 is 0.366 bits per heavy atom. The zero-order valence-corrected chi connectivity index (χ0v) is 103. The molecule has 13 nitrogen and oxygen atoms in total. The van der Waals surface area contributed by atoms with Crippen LogP contribution >= 0.6 is 38.5 Å². The molecule has 0 saturated carbocycles. The summed E-state index contributed by atoms with van der Waals surface area (Å²) in [6.45, 7) is 86.3. The van der Waals surface area contributed by atoms with Crippen molar-refractivity contribution in [1.82, 2.24) is 0 Å². The van der Waals surface area contributed by atoms with Crippen molar-refractivity contribution in [2.24, 2.45) is 21.7 Å². The van der Waals surface area contributed by atoms with Gasteiger partial charge in [0, 0.05) is 36.1 Å². The average Bonchev–Trinajstić information content (AvgIpc) is 1.69. The molecular weight excluding hydrogens is 2020 g/mol. The Bertz CT molecular complexity index is 5460. The monoisotopic (exact) mass is 2200 g/mol. The van der Waals surface area contributed by atoms with E-state index in [-0.39, 0.29) is 108 Å². The van der Waals surface area contributed by atoms with E-state index in [1.54, 1.807) is 6.08 Å². The second-order valence-electron chi connectivity index (χ2n) is 53.0. The first-order valence-corrected chi connectivity index (χ1v) is 70.6. The molecule has 4 fully saturated rings. The van der Waals surface area contributed by atoms with Crippen LogP contribution in [-0.2, 0) is 86.0 Å². The van der Waals surface area contributed by atoms with Crippen molar-refractivity contribution in [3.05, 3.63) is 256 Å². The van der Waals surface area contributed by atoms with Crippen LogP contribution in [-0.4, -0.2) is 92.0 Å². The minimum atomic E-state index is -1.78. The van der Waals surface area contributed by atoms with Crippen LogP contribution in [0.25, 0.3) is 0 Å². The number of hydrogen-bond acceptors (Lipinski definition) is 13. The Labute approximate surface area is 886 Å². The van der Waals surface area contributed by atoms with E-state index < -0.39 is 47.7 Å². The van der Waals surface area contributed by atoms with Gasteiger partial charge < -0.3 is 56.4 Å². The quantitative estimate of drug-likeness (QED) is 0.0231. The maximum absolute atomic E-state index is 11.1. The third-order valence-electron chi connectivity index (χ3n) is 37.1. The van der Waals surface area contributed by atoms with E-state index in [4.69, 9.17) is 41.1 Å². The smallest absolute Gasteiger partial charge is 0.192 e. The van der Waals surface area contributed by atoms with Crippen molar-refractivity contribution in [3.63, 3.8) is 0 Å². The summed E-state index contributed by atoms with van der Waals surface area (Å²) in [4.78, 5) is 11.1. The van der Waals surface area contributed by atoms with Crippen molar-refractivity contribution < 1.29 is 61.2 Å². The maximum atomic E-state index is 11.1. The van der Waals surface area contributed by atoms with Gasteiger partial charge in [-0.1, -0.05) is 325 Å². The maximum Gasteiger partial charge on any atom is 0.192 e. The fraction of sp³-hybridized carbons (Fsp3) is 0.631. The molecule has 11 aliphatic rings. The summed E-state index contributed by atoms with van der Waals surface area (Å²) in [6.07, 6.45) is 20.1. The van der Waals surface area contributed by atoms with Crippen LogP contribution in [0.1, 0.15) is 421 Å². The van der Waals surface area contributed by atoms with Gasteiger partial charge in [-0.05, 0) is 320 Å². The number of carbonyl (C=O) groups is 1. The van der Waals surface area contributed by atoms with E-state index in [0.29, 0.717) is 36.9 Å². The number of aldehydes is 1. The molecule has 0 spiro atoms. The van der Waals surface area contributed by atoms with Crippen LogP contribution in [0.3, 0.4) is 0 Å². The van der Waals surface area contributed by atoms with E-state index in [1.807, 2.05) is 48.5 Å². The highest BCUT2D eigenvalue weighted by Gasteiger charge is 2.56. The highest BCUT2D eigenvalue weighted by molar-refractivity contribution is 14.1. The Morgan fingerprint density at radius 3 is 0.908 bits per heavy atom. The van der Waals surface area contributed by atoms with E-state index >= 15 is 0 Å². The van der Waals surface area contributed by atoms with Crippen LogP contribution in [0.5, 0.6) is 0 Å². The van der Waals surface area contributed by atoms with Crippen molar-refractivity contribution >= 4 is 86.4 Å². The molecule has 0 bridgehead atoms.